The van der Waals surface area contributed by atoms with E-state index in [4.69, 9.17) is 42.6 Å². The lowest BCUT2D eigenvalue weighted by molar-refractivity contribution is -0.265. The molecule has 3 saturated heterocycles. The number of fused-ring (bicyclic) bond motifs is 4. The number of hydrogen-bond acceptors (Lipinski definition) is 23. The Balaban J connectivity index is 0.818. The van der Waals surface area contributed by atoms with Gasteiger partial charge in [-0.3, -0.25) is 48.6 Å². The number of piperidine rings is 2. The highest BCUT2D eigenvalue weighted by atomic mass is 16.6. The molecule has 6 aliphatic rings. The first-order valence-corrected chi connectivity index (χ1v) is 36.2. The van der Waals surface area contributed by atoms with Crippen LogP contribution in [0.25, 0.3) is 0 Å². The second kappa shape index (κ2) is 38.6. The minimum Gasteiger partial charge on any atom is -0.460 e. The van der Waals surface area contributed by atoms with Gasteiger partial charge in [0.1, 0.15) is 41.9 Å². The van der Waals surface area contributed by atoms with Gasteiger partial charge in [0, 0.05) is 77.1 Å². The van der Waals surface area contributed by atoms with Crippen LogP contribution in [0.4, 0.5) is 5.69 Å². The van der Waals surface area contributed by atoms with Crippen molar-refractivity contribution in [3.05, 3.63) is 88.8 Å². The van der Waals surface area contributed by atoms with Crippen LogP contribution in [0.2, 0.25) is 0 Å². The van der Waals surface area contributed by atoms with Crippen LogP contribution in [0.15, 0.2) is 72.0 Å². The summed E-state index contributed by atoms with van der Waals surface area (Å²) >= 11 is 0. The molecule has 1 saturated carbocycles. The Morgan fingerprint density at radius 1 is 0.775 bits per heavy atom. The molecular formula is C75H107N7O20. The smallest absolute Gasteiger partial charge is 0.329 e. The van der Waals surface area contributed by atoms with Gasteiger partial charge in [-0.25, -0.2) is 9.48 Å². The number of esters is 1. The minimum atomic E-state index is -2.47. The zero-order valence-electron chi connectivity index (χ0n) is 60.9. The Kier molecular flexibility index (Phi) is 30.5. The number of aliphatic hydroxyl groups is 2. The predicted octanol–water partition coefficient (Wildman–Crippen LogP) is 6.56. The molecule has 27 nitrogen and oxygen atoms in total. The van der Waals surface area contributed by atoms with Crippen LogP contribution in [0.5, 0.6) is 0 Å². The van der Waals surface area contributed by atoms with Crippen LogP contribution in [0.3, 0.4) is 0 Å². The Labute approximate surface area is 598 Å². The number of aromatic nitrogens is 3. The van der Waals surface area contributed by atoms with Crippen molar-refractivity contribution in [2.75, 3.05) is 79.4 Å². The number of Topliss-reactive ketones (excluding diaryl/α,β-unsaturated/α-hetero) is 3. The summed E-state index contributed by atoms with van der Waals surface area (Å²) in [5.41, 5.74) is 2.65. The highest BCUT2D eigenvalue weighted by Crippen LogP contribution is 2.39. The topological polar surface area (TPSA) is 338 Å². The number of methoxy groups -OCH3 is 3. The van der Waals surface area contributed by atoms with Crippen molar-refractivity contribution in [2.45, 2.75) is 212 Å². The van der Waals surface area contributed by atoms with E-state index in [0.717, 1.165) is 16.9 Å². The molecule has 0 radical (unpaired) electrons. The van der Waals surface area contributed by atoms with Gasteiger partial charge in [-0.15, -0.1) is 5.10 Å². The van der Waals surface area contributed by atoms with Gasteiger partial charge in [-0.1, -0.05) is 82.4 Å². The molecule has 2 aromatic rings. The number of hydrogen-bond donors (Lipinski definition) is 4. The molecule has 5 amide bonds. The van der Waals surface area contributed by atoms with Gasteiger partial charge in [0.05, 0.1) is 94.5 Å². The molecule has 2 bridgehead atoms. The Bertz CT molecular complexity index is 3370. The number of benzene rings is 1. The van der Waals surface area contributed by atoms with Crippen molar-refractivity contribution in [3.8, 4) is 0 Å². The quantitative estimate of drug-likeness (QED) is 0.0301. The largest absolute Gasteiger partial charge is 0.460 e. The number of ether oxygens (including phenoxy) is 9. The van der Waals surface area contributed by atoms with Gasteiger partial charge in [0.15, 0.2) is 5.78 Å². The second-order valence-corrected chi connectivity index (χ2v) is 28.3. The van der Waals surface area contributed by atoms with Crippen LogP contribution in [-0.4, -0.2) is 223 Å². The van der Waals surface area contributed by atoms with Gasteiger partial charge in [-0.2, -0.15) is 0 Å². The van der Waals surface area contributed by atoms with Gasteiger partial charge < -0.3 is 63.1 Å². The predicted molar refractivity (Wildman–Crippen MR) is 372 cm³/mol. The van der Waals surface area contributed by atoms with E-state index in [1.807, 2.05) is 58.1 Å². The van der Waals surface area contributed by atoms with Crippen molar-refractivity contribution < 1.29 is 96.0 Å². The third-order valence-corrected chi connectivity index (χ3v) is 20.7. The average molecular weight is 1430 g/mol. The number of ketones is 3. The van der Waals surface area contributed by atoms with Crippen molar-refractivity contribution >= 4 is 58.5 Å². The summed E-state index contributed by atoms with van der Waals surface area (Å²) in [5.74, 6) is -10.7. The molecule has 4 N–H and O–H groups in total. The van der Waals surface area contributed by atoms with E-state index in [1.165, 1.54) is 18.1 Å². The maximum absolute atomic E-state index is 14.7. The number of anilines is 1. The number of aliphatic hydroxyl groups excluding tert-OH is 1. The minimum absolute atomic E-state index is 0.0115. The number of nitrogens with one attached hydrogen (secondary N) is 2. The summed E-state index contributed by atoms with van der Waals surface area (Å²) in [5, 5.41) is 37.5. The Morgan fingerprint density at radius 3 is 2.28 bits per heavy atom. The van der Waals surface area contributed by atoms with Crippen molar-refractivity contribution in [1.82, 2.24) is 30.1 Å². The molecule has 5 aliphatic heterocycles. The summed E-state index contributed by atoms with van der Waals surface area (Å²) in [7, 11) is 4.58. The lowest BCUT2D eigenvalue weighted by atomic mass is 9.78. The number of nitrogens with zero attached hydrogens (tertiary/aromatic N) is 5. The third kappa shape index (κ3) is 21.1. The molecule has 0 spiro atoms. The molecule has 3 unspecified atom stereocenters. The van der Waals surface area contributed by atoms with Gasteiger partial charge in [-0.05, 0) is 126 Å². The number of allylic oxidation sites excluding steroid dienone is 6. The van der Waals surface area contributed by atoms with Crippen LogP contribution >= 0.6 is 0 Å². The van der Waals surface area contributed by atoms with Crippen LogP contribution < -0.4 is 10.6 Å². The van der Waals surface area contributed by atoms with E-state index in [2.05, 4.69) is 20.9 Å². The molecule has 4 fully saturated rings. The highest BCUT2D eigenvalue weighted by Gasteiger charge is 2.53. The van der Waals surface area contributed by atoms with E-state index in [-0.39, 0.29) is 105 Å². The molecule has 1 aromatic heterocycles. The van der Waals surface area contributed by atoms with Gasteiger partial charge in [0.25, 0.3) is 23.5 Å². The number of imide groups is 2. The number of cyclic esters (lactones) is 1. The number of carbonyl (C=O) groups excluding carboxylic acids is 9. The second-order valence-electron chi connectivity index (χ2n) is 28.3. The van der Waals surface area contributed by atoms with E-state index in [9.17, 15) is 53.4 Å². The highest BCUT2D eigenvalue weighted by molar-refractivity contribution is 6.39. The van der Waals surface area contributed by atoms with Crippen LogP contribution in [0, 0.1) is 35.5 Å². The fraction of sp³-hybridized carbons (Fsp3) is 0.667. The van der Waals surface area contributed by atoms with E-state index < -0.39 is 113 Å². The maximum atomic E-state index is 14.7. The summed E-state index contributed by atoms with van der Waals surface area (Å²) in [6, 6.07) is 2.62. The van der Waals surface area contributed by atoms with Crippen molar-refractivity contribution in [3.63, 3.8) is 0 Å². The molecule has 16 atom stereocenters. The zero-order chi connectivity index (χ0) is 73.8. The summed E-state index contributed by atoms with van der Waals surface area (Å²) in [6.45, 7) is 15.5. The third-order valence-electron chi connectivity index (χ3n) is 20.7. The van der Waals surface area contributed by atoms with Crippen molar-refractivity contribution in [1.29, 1.82) is 0 Å². The van der Waals surface area contributed by atoms with Crippen LogP contribution in [0.1, 0.15) is 165 Å². The monoisotopic (exact) mass is 1430 g/mol. The SMILES string of the molecule is COC1C[C@@H]2CC[C@@H](C)[C@@](O)(O2)C(=O)C(=O)N2CCCC[C@H]2C(=O)O[C@H]([C@H](C)C[C@@H]2CC[C@@H](OCCOCc3cn(CCOCCOCCNc4cccc5c4C(=O)N(C4CCC(=O)NC4=O)C5=O)nn3)[C@H](OC)C2)CC(=O)[C@H](C)C=C(C)[C@@H](O)C(OC)C(=O)[C@H](C)C[C@H](C)C=CC=CC=C1C. The molecule has 102 heavy (non-hydrogen) atoms. The summed E-state index contributed by atoms with van der Waals surface area (Å²) < 4.78 is 55.5. The number of rotatable bonds is 23. The standard InChI is InChI=1S/C75H107N7O20/c1-45-17-12-11-13-18-46(2)61(94-8)41-54-24-22-51(7)75(93,102-54)69(87)73(91)81-29-15-14-21-58(81)74(92)101-62(42-59(83)47(3)38-50(6)67(86)68(96-10)66(85)49(5)37-45)48(4)39-52-23-26-60(63(40-52)95-9)100-36-35-99-44-53-43-80(79-78-53)30-32-98-34-33-97-31-28-76-56-20-16-19-55-65(56)72(90)82(71(55)89)57-25-27-64(84)77-70(57)88/h11-13,16-20,38,43,45,47-49,51-52,54,57-58,60-63,67-68,76,86,93H,14-15,21-37,39-42,44H2,1-10H3,(H,77,84,88)/t45-,47-,48-,49-,51-,52+,54+,57?,58+,60-,61?,62+,63-,67-,68?,75-/m1/s1. The van der Waals surface area contributed by atoms with Gasteiger partial charge >= 0.3 is 5.97 Å². The fourth-order valence-electron chi connectivity index (χ4n) is 14.6. The maximum Gasteiger partial charge on any atom is 0.329 e. The van der Waals surface area contributed by atoms with Gasteiger partial charge in [0.2, 0.25) is 17.6 Å². The Morgan fingerprint density at radius 2 is 1.54 bits per heavy atom. The normalized spacial score (nSPS) is 30.6. The first-order chi connectivity index (χ1) is 48.9. The molecule has 6 heterocycles. The average Bonchev–Trinajstić information content (AvgIpc) is 1.46. The van der Waals surface area contributed by atoms with Crippen molar-refractivity contribution in [2.24, 2.45) is 35.5 Å². The summed E-state index contributed by atoms with van der Waals surface area (Å²) in [6.07, 6.45) is 13.1. The first kappa shape index (κ1) is 80.6. The molecule has 562 valence electrons. The number of amides is 5. The molecule has 1 aromatic carbocycles. The lowest BCUT2D eigenvalue weighted by Gasteiger charge is -2.42. The van der Waals surface area contributed by atoms with E-state index >= 15 is 0 Å². The molecule has 27 heteroatoms. The van der Waals surface area contributed by atoms with E-state index in [0.29, 0.717) is 108 Å². The zero-order valence-corrected chi connectivity index (χ0v) is 60.9. The Hall–Kier alpha value is -7.05. The summed E-state index contributed by atoms with van der Waals surface area (Å²) in [4.78, 5) is 125. The van der Waals surface area contributed by atoms with E-state index in [1.54, 1.807) is 64.1 Å². The lowest BCUT2D eigenvalue weighted by Crippen LogP contribution is -2.61. The number of carbonyl (C=O) groups is 9. The molecule has 1 aliphatic carbocycles. The first-order valence-electron chi connectivity index (χ1n) is 36.2. The fourth-order valence-corrected chi connectivity index (χ4v) is 14.6. The molecule has 8 rings (SSSR count). The molecular weight excluding hydrogens is 1320 g/mol. The van der Waals surface area contributed by atoms with Crippen LogP contribution in [-0.2, 0) is 89.3 Å².